The molecule has 3 fully saturated rings. The van der Waals surface area contributed by atoms with Crippen molar-refractivity contribution in [3.05, 3.63) is 257 Å². The maximum atomic E-state index is 15.6. The highest BCUT2D eigenvalue weighted by Crippen LogP contribution is 2.51. The third-order valence-corrected chi connectivity index (χ3v) is 31.2. The number of hydrogen-bond donors (Lipinski definition) is 4. The van der Waals surface area contributed by atoms with Gasteiger partial charge in [-0.1, -0.05) is 114 Å². The van der Waals surface area contributed by atoms with Crippen LogP contribution in [0.5, 0.6) is 0 Å². The topological polar surface area (TPSA) is 366 Å². The summed E-state index contributed by atoms with van der Waals surface area (Å²) in [7, 11) is 11.1. The Labute approximate surface area is 874 Å². The Morgan fingerprint density at radius 2 is 0.765 bits per heavy atom. The number of anilines is 6. The van der Waals surface area contributed by atoms with Gasteiger partial charge in [0.25, 0.3) is 16.7 Å². The number of rotatable bonds is 16. The van der Waals surface area contributed by atoms with Crippen LogP contribution in [0.15, 0.2) is 158 Å². The Kier molecular flexibility index (Phi) is 27.0. The molecule has 6 unspecified atom stereocenters. The lowest BCUT2D eigenvalue weighted by molar-refractivity contribution is -0.131. The summed E-state index contributed by atoms with van der Waals surface area (Å²) >= 11 is 21.7. The molecule has 6 atom stereocenters. The maximum Gasteiger partial charge on any atom is 0.326 e. The molecule has 6 aliphatic rings. The number of aryl methyl sites for hydroxylation is 9. The van der Waals surface area contributed by atoms with Crippen molar-refractivity contribution in [2.45, 2.75) is 164 Å². The van der Waals surface area contributed by atoms with Crippen LogP contribution >= 0.6 is 34.8 Å². The van der Waals surface area contributed by atoms with Crippen molar-refractivity contribution in [2.24, 2.45) is 21.1 Å². The smallest absolute Gasteiger partial charge is 0.326 e. The summed E-state index contributed by atoms with van der Waals surface area (Å²) in [6.45, 7) is 46.1. The quantitative estimate of drug-likeness (QED) is 0.0653. The number of benzene rings is 3. The molecule has 0 radical (unpaired) electrons. The molecule has 0 spiro atoms. The van der Waals surface area contributed by atoms with Gasteiger partial charge in [-0.05, 0) is 213 Å². The van der Waals surface area contributed by atoms with E-state index < -0.39 is 17.5 Å². The third kappa shape index (κ3) is 17.0. The van der Waals surface area contributed by atoms with Crippen LogP contribution in [-0.4, -0.2) is 238 Å². The van der Waals surface area contributed by atoms with E-state index in [1.54, 1.807) is 69.0 Å². The zero-order valence-electron chi connectivity index (χ0n) is 87.6. The van der Waals surface area contributed by atoms with Crippen LogP contribution in [0.2, 0.25) is 15.1 Å². The highest BCUT2D eigenvalue weighted by Gasteiger charge is 2.48. The first-order valence-electron chi connectivity index (χ1n) is 50.2. The number of aromatic amines is 3. The SMILES string of the molecule is C=CC(=O)N1CC2C(=O)Nc3c(c4cc(Cl)c(-c5c(C)ccc6[nH]c(=O)n(C)c56)nc4n(-c4c(C)ccnc4C(C)C)c3=O)N2CC1C.C=CC(=O)N1CC2CN(C)c3c(c4cc(Cl)c(-c5c(C)ccc6[nH]c(=O)n(C)c56)nc4n(-c4c(C)ccnc4C(C)C)c3=O)N2CC1C.C=CC(=O)N1CC2CN(CCCN(C)C)c3c(c4cc(Cl)c(-c5c(C)ccc6[nH]c(=O)n(C)c56)nc4n(-c4c(C)ccnc4C(C)C)c3=O)N2CC1C. The first-order valence-corrected chi connectivity index (χ1v) is 51.4. The second-order valence-corrected chi connectivity index (χ2v) is 42.7. The Hall–Kier alpha value is -15.1. The molecule has 6 aliphatic heterocycles. The minimum atomic E-state index is -0.758. The summed E-state index contributed by atoms with van der Waals surface area (Å²) in [4.78, 5) is 193. The molecule has 4 N–H and O–H groups in total. The number of imidazole rings is 3. The van der Waals surface area contributed by atoms with Gasteiger partial charge in [-0.3, -0.25) is 75.9 Å². The number of carbonyl (C=O) groups is 4. The van der Waals surface area contributed by atoms with Gasteiger partial charge in [0.15, 0.2) is 0 Å². The van der Waals surface area contributed by atoms with Crippen molar-refractivity contribution in [3.8, 4) is 50.8 Å². The van der Waals surface area contributed by atoms with Gasteiger partial charge in [0.2, 0.25) is 23.6 Å². The summed E-state index contributed by atoms with van der Waals surface area (Å²) in [5, 5.41) is 5.98. The van der Waals surface area contributed by atoms with Gasteiger partial charge in [-0.2, -0.15) is 0 Å². The average molecular weight is 2070 g/mol. The van der Waals surface area contributed by atoms with Crippen LogP contribution in [0.3, 0.4) is 0 Å². The van der Waals surface area contributed by atoms with Crippen LogP contribution in [0.1, 0.15) is 137 Å². The van der Waals surface area contributed by atoms with Crippen LogP contribution < -0.4 is 63.6 Å². The molecule has 0 saturated carbocycles. The van der Waals surface area contributed by atoms with Gasteiger partial charge in [0, 0.05) is 150 Å². The molecule has 35 nitrogen and oxygen atoms in total. The van der Waals surface area contributed by atoms with Gasteiger partial charge in [0.05, 0.1) is 135 Å². The highest BCUT2D eigenvalue weighted by molar-refractivity contribution is 6.36. The number of pyridine rings is 9. The number of fused-ring (bicyclic) bond motifs is 18. The van der Waals surface area contributed by atoms with Crippen LogP contribution in [0.4, 0.5) is 34.1 Å². The molecule has 3 aromatic carbocycles. The first kappa shape index (κ1) is 103. The molecular formula is C111H122Cl3N25O10. The normalized spacial score (nSPS) is 17.5. The van der Waals surface area contributed by atoms with Crippen LogP contribution in [0.25, 0.3) is 117 Å². The molecule has 21 rings (SSSR count). The van der Waals surface area contributed by atoms with E-state index in [1.807, 2.05) is 184 Å². The number of H-pyrrole nitrogens is 3. The van der Waals surface area contributed by atoms with E-state index in [-0.39, 0.29) is 113 Å². The highest BCUT2D eigenvalue weighted by atomic mass is 35.5. The number of likely N-dealkylation sites (N-methyl/N-ethyl adjacent to an activating group) is 1. The molecule has 38 heteroatoms. The molecule has 0 bridgehead atoms. The van der Waals surface area contributed by atoms with Crippen molar-refractivity contribution in [1.29, 1.82) is 0 Å². The average Bonchev–Trinajstić information content (AvgIpc) is 1.21. The fourth-order valence-corrected chi connectivity index (χ4v) is 23.8. The number of amides is 4. The van der Waals surface area contributed by atoms with E-state index in [9.17, 15) is 38.4 Å². The van der Waals surface area contributed by atoms with E-state index in [1.165, 1.54) is 27.4 Å². The number of nitrogens with zero attached hydrogens (tertiary/aromatic N) is 21. The summed E-state index contributed by atoms with van der Waals surface area (Å²) in [6, 6.07) is 21.2. The lowest BCUT2D eigenvalue weighted by Crippen LogP contribution is -2.64. The molecular weight excluding hydrogens is 1950 g/mol. The Balaban J connectivity index is 0.000000141. The largest absolute Gasteiger partial charge is 0.366 e. The number of aromatic nitrogens is 15. The van der Waals surface area contributed by atoms with E-state index >= 15 is 9.59 Å². The summed E-state index contributed by atoms with van der Waals surface area (Å²) in [5.74, 6) is -0.892. The molecule has 12 aromatic heterocycles. The number of hydrogen-bond acceptors (Lipinski definition) is 22. The van der Waals surface area contributed by atoms with Crippen LogP contribution in [-0.2, 0) is 40.3 Å². The zero-order chi connectivity index (χ0) is 107. The Morgan fingerprint density at radius 1 is 0.423 bits per heavy atom. The van der Waals surface area contributed by atoms with Gasteiger partial charge in [-0.25, -0.2) is 29.3 Å². The number of halogens is 3. The van der Waals surface area contributed by atoms with E-state index in [4.69, 9.17) is 59.7 Å². The minimum absolute atomic E-state index is 0.0110. The van der Waals surface area contributed by atoms with E-state index in [0.717, 1.165) is 79.9 Å². The van der Waals surface area contributed by atoms with Crippen molar-refractivity contribution >= 4 is 159 Å². The first-order chi connectivity index (χ1) is 70.9. The van der Waals surface area contributed by atoms with Crippen molar-refractivity contribution in [1.82, 2.24) is 91.9 Å². The van der Waals surface area contributed by atoms with Crippen molar-refractivity contribution in [3.63, 3.8) is 0 Å². The Bertz CT molecular complexity index is 8630. The van der Waals surface area contributed by atoms with Gasteiger partial charge < -0.3 is 64.4 Å². The lowest BCUT2D eigenvalue weighted by Gasteiger charge is -2.52. The van der Waals surface area contributed by atoms with E-state index in [2.05, 4.69) is 92.3 Å². The van der Waals surface area contributed by atoms with Gasteiger partial charge in [-0.15, -0.1) is 0 Å². The third-order valence-electron chi connectivity index (χ3n) is 30.3. The summed E-state index contributed by atoms with van der Waals surface area (Å²) in [5.41, 5.74) is 19.6. The zero-order valence-corrected chi connectivity index (χ0v) is 89.9. The summed E-state index contributed by atoms with van der Waals surface area (Å²) in [6.07, 6.45) is 10.1. The fourth-order valence-electron chi connectivity index (χ4n) is 23.0. The molecule has 3 saturated heterocycles. The maximum absolute atomic E-state index is 15.6. The monoisotopic (exact) mass is 2070 g/mol. The molecule has 15 aromatic rings. The number of nitrogens with one attached hydrogen (secondary N) is 4. The van der Waals surface area contributed by atoms with E-state index in [0.29, 0.717) is 190 Å². The minimum Gasteiger partial charge on any atom is -0.366 e. The Morgan fingerprint density at radius 3 is 1.13 bits per heavy atom. The van der Waals surface area contributed by atoms with Gasteiger partial charge >= 0.3 is 17.1 Å². The standard InChI is InChI=1S/C40H48ClN9O3.C36H39ClN8O3.C35H35ClN8O4/c1-10-30(51)48-21-26-20-47(17-11-16-45(7)8)37-35(49(26)19-25(48)6)27-18-28(41)33(31-23(4)12-13-29-36(31)46(9)40(53)43-29)44-38(27)50(39(37)52)34-24(5)14-15-42-32(34)22(2)3;1-9-26(46)43-17-22-16-41(7)33-31(44(22)15-21(43)6)23-14-24(37)29(27-19(4)10-11-25-32(27)42(8)36(48)39-25)40-34(23)45(35(33)47)30-20(5)12-13-38-28(30)18(2)3;1-8-24(45)42-15-23-33(46)40-28-30(43(23)14-19(42)6)20-13-21(36)27(25-17(4)9-10-22-31(25)41(7)35(48)38-22)39-32(20)44(34(28)47)29-18(5)11-12-37-26(29)16(2)3/h10,12-15,18,22,25-26H,1,11,16-17,19-21H2,2-9H3,(H,43,53);9-14,18,21-22H,1,15-17H2,2-8H3,(H,39,48);8-13,16,19,23H,1,14-15H2,2-7H3,(H,38,48)(H,40,46). The summed E-state index contributed by atoms with van der Waals surface area (Å²) < 4.78 is 9.63. The molecule has 772 valence electrons. The molecule has 18 heterocycles. The predicted octanol–water partition coefficient (Wildman–Crippen LogP) is 15.0. The number of piperazine rings is 3. The number of carbonyl (C=O) groups excluding carboxylic acids is 4. The van der Waals surface area contributed by atoms with Crippen molar-refractivity contribution < 1.29 is 19.2 Å². The second-order valence-electron chi connectivity index (χ2n) is 41.5. The van der Waals surface area contributed by atoms with Gasteiger partial charge in [0.1, 0.15) is 40.0 Å². The molecule has 4 amide bonds. The lowest BCUT2D eigenvalue weighted by atomic mass is 9.97. The second kappa shape index (κ2) is 39.2. The fraction of sp³-hybridized carbons (Fsp3) is 0.369. The molecule has 149 heavy (non-hydrogen) atoms. The van der Waals surface area contributed by atoms with Crippen molar-refractivity contribution in [2.75, 3.05) is 116 Å². The van der Waals surface area contributed by atoms with Crippen LogP contribution in [0, 0.1) is 41.5 Å². The molecule has 0 aliphatic carbocycles. The predicted molar refractivity (Wildman–Crippen MR) is 594 cm³/mol.